The molecule has 7 heteroatoms. The van der Waals surface area contributed by atoms with Gasteiger partial charge in [-0.3, -0.25) is 14.6 Å². The minimum Gasteiger partial charge on any atom is -0.508 e. The van der Waals surface area contributed by atoms with Gasteiger partial charge in [0.05, 0.1) is 17.5 Å². The van der Waals surface area contributed by atoms with Crippen LogP contribution in [0.5, 0.6) is 17.2 Å². The van der Waals surface area contributed by atoms with Crippen LogP contribution in [0.1, 0.15) is 23.5 Å². The van der Waals surface area contributed by atoms with Crippen molar-refractivity contribution in [2.45, 2.75) is 12.3 Å². The Hall–Kier alpha value is -4.65. The predicted molar refractivity (Wildman–Crippen MR) is 125 cm³/mol. The molecule has 0 unspecified atom stereocenters. The molecule has 7 nitrogen and oxygen atoms in total. The summed E-state index contributed by atoms with van der Waals surface area (Å²) in [6, 6.07) is 16.9. The van der Waals surface area contributed by atoms with Crippen molar-refractivity contribution < 1.29 is 24.2 Å². The molecule has 0 bridgehead atoms. The summed E-state index contributed by atoms with van der Waals surface area (Å²) in [5.74, 6) is -0.976. The molecule has 0 saturated carbocycles. The van der Waals surface area contributed by atoms with Gasteiger partial charge in [-0.15, -0.1) is 0 Å². The second-order valence-electron chi connectivity index (χ2n) is 8.22. The van der Waals surface area contributed by atoms with E-state index in [0.29, 0.717) is 11.1 Å². The van der Waals surface area contributed by atoms with E-state index in [1.165, 1.54) is 24.5 Å². The molecule has 1 aliphatic rings. The van der Waals surface area contributed by atoms with Crippen LogP contribution >= 0.6 is 0 Å². The zero-order valence-electron chi connectivity index (χ0n) is 17.7. The second-order valence-corrected chi connectivity index (χ2v) is 8.22. The monoisotopic (exact) mass is 451 g/mol. The molecule has 2 N–H and O–H groups in total. The Balaban J connectivity index is 1.60. The highest BCUT2D eigenvalue weighted by atomic mass is 16.5. The number of carbonyl (C=O) groups is 1. The number of ether oxygens (including phenoxy) is 1. The largest absolute Gasteiger partial charge is 0.508 e. The van der Waals surface area contributed by atoms with Crippen molar-refractivity contribution in [3.8, 4) is 28.4 Å². The first kappa shape index (κ1) is 20.0. The van der Waals surface area contributed by atoms with Gasteiger partial charge in [0, 0.05) is 29.1 Å². The molecule has 6 rings (SSSR count). The summed E-state index contributed by atoms with van der Waals surface area (Å²) in [6.07, 6.45) is 3.10. The highest BCUT2D eigenvalue weighted by Crippen LogP contribution is 2.46. The first-order valence-electron chi connectivity index (χ1n) is 10.7. The van der Waals surface area contributed by atoms with Crippen LogP contribution in [-0.4, -0.2) is 21.2 Å². The van der Waals surface area contributed by atoms with Gasteiger partial charge in [-0.25, -0.2) is 0 Å². The number of hydrogen-bond donors (Lipinski definition) is 2. The molecular weight excluding hydrogens is 434 g/mol. The van der Waals surface area contributed by atoms with Crippen LogP contribution < -0.4 is 10.2 Å². The Labute approximate surface area is 192 Å². The summed E-state index contributed by atoms with van der Waals surface area (Å²) in [4.78, 5) is 30.2. The molecule has 0 saturated heterocycles. The van der Waals surface area contributed by atoms with E-state index in [2.05, 4.69) is 4.98 Å². The molecule has 3 aromatic carbocycles. The van der Waals surface area contributed by atoms with E-state index in [-0.39, 0.29) is 40.2 Å². The van der Waals surface area contributed by atoms with Crippen molar-refractivity contribution in [2.24, 2.45) is 0 Å². The van der Waals surface area contributed by atoms with Crippen molar-refractivity contribution >= 4 is 27.8 Å². The Morgan fingerprint density at radius 2 is 1.79 bits per heavy atom. The lowest BCUT2D eigenvalue weighted by atomic mass is 9.84. The zero-order chi connectivity index (χ0) is 23.4. The van der Waals surface area contributed by atoms with Crippen LogP contribution in [0.4, 0.5) is 0 Å². The zero-order valence-corrected chi connectivity index (χ0v) is 17.7. The van der Waals surface area contributed by atoms with Crippen LogP contribution in [0.3, 0.4) is 0 Å². The van der Waals surface area contributed by atoms with Crippen LogP contribution in [0.2, 0.25) is 0 Å². The Morgan fingerprint density at radius 3 is 2.62 bits per heavy atom. The predicted octanol–water partition coefficient (Wildman–Crippen LogP) is 4.86. The number of nitrogens with zero attached hydrogens (tertiary/aromatic N) is 1. The number of aromatic nitrogens is 1. The first-order valence-corrected chi connectivity index (χ1v) is 10.7. The molecule has 1 aliphatic heterocycles. The number of aromatic hydroxyl groups is 2. The third-order valence-electron chi connectivity index (χ3n) is 6.18. The highest BCUT2D eigenvalue weighted by molar-refractivity contribution is 5.94. The van der Waals surface area contributed by atoms with Crippen molar-refractivity contribution in [3.63, 3.8) is 0 Å². The molecule has 0 radical (unpaired) electrons. The molecule has 1 atom stereocenters. The molecule has 34 heavy (non-hydrogen) atoms. The molecule has 5 aromatic rings. The van der Waals surface area contributed by atoms with Gasteiger partial charge in [-0.1, -0.05) is 24.3 Å². The SMILES string of the molecule is O=C1C[C@H](c2ccc3ncccc3c2)c2c(cc(O)c3c(=O)c(-c4ccc(O)cc4)coc23)O1. The maximum Gasteiger partial charge on any atom is 0.312 e. The van der Waals surface area contributed by atoms with Gasteiger partial charge in [0.2, 0.25) is 5.43 Å². The lowest BCUT2D eigenvalue weighted by molar-refractivity contribution is -0.135. The number of phenolic OH excluding ortho intramolecular Hbond substituents is 2. The number of carbonyl (C=O) groups excluding carboxylic acids is 1. The molecule has 0 fully saturated rings. The molecule has 3 heterocycles. The first-order chi connectivity index (χ1) is 16.5. The average molecular weight is 451 g/mol. The Bertz CT molecular complexity index is 1670. The van der Waals surface area contributed by atoms with Gasteiger partial charge >= 0.3 is 5.97 Å². The fourth-order valence-electron chi connectivity index (χ4n) is 4.57. The number of fused-ring (bicyclic) bond motifs is 4. The van der Waals surface area contributed by atoms with E-state index in [9.17, 15) is 19.8 Å². The van der Waals surface area contributed by atoms with Gasteiger partial charge in [0.25, 0.3) is 0 Å². The summed E-state index contributed by atoms with van der Waals surface area (Å²) in [5.41, 5.74) is 2.72. The smallest absolute Gasteiger partial charge is 0.312 e. The summed E-state index contributed by atoms with van der Waals surface area (Å²) in [7, 11) is 0. The molecule has 166 valence electrons. The minimum absolute atomic E-state index is 0.00901. The average Bonchev–Trinajstić information content (AvgIpc) is 2.84. The Morgan fingerprint density at radius 1 is 0.971 bits per heavy atom. The van der Waals surface area contributed by atoms with E-state index >= 15 is 0 Å². The molecule has 0 amide bonds. The van der Waals surface area contributed by atoms with Gasteiger partial charge < -0.3 is 19.4 Å². The highest BCUT2D eigenvalue weighted by Gasteiger charge is 2.33. The lowest BCUT2D eigenvalue weighted by Crippen LogP contribution is -2.22. The second kappa shape index (κ2) is 7.45. The minimum atomic E-state index is -0.439. The number of rotatable bonds is 2. The normalized spacial score (nSPS) is 15.3. The third kappa shape index (κ3) is 3.09. The van der Waals surface area contributed by atoms with E-state index in [4.69, 9.17) is 9.15 Å². The fraction of sp³-hybridized carbons (Fsp3) is 0.0741. The molecule has 0 aliphatic carbocycles. The van der Waals surface area contributed by atoms with E-state index in [0.717, 1.165) is 16.5 Å². The Kier molecular flexibility index (Phi) is 4.38. The maximum absolute atomic E-state index is 13.4. The third-order valence-corrected chi connectivity index (χ3v) is 6.18. The quantitative estimate of drug-likeness (QED) is 0.291. The van der Waals surface area contributed by atoms with Crippen molar-refractivity contribution in [3.05, 3.63) is 94.5 Å². The number of benzene rings is 3. The van der Waals surface area contributed by atoms with E-state index in [1.54, 1.807) is 18.3 Å². The van der Waals surface area contributed by atoms with Crippen molar-refractivity contribution in [1.82, 2.24) is 4.98 Å². The van der Waals surface area contributed by atoms with Gasteiger partial charge in [-0.05, 0) is 41.5 Å². The number of pyridine rings is 1. The molecular formula is C27H17NO6. The van der Waals surface area contributed by atoms with Crippen molar-refractivity contribution in [2.75, 3.05) is 0 Å². The summed E-state index contributed by atoms with van der Waals surface area (Å²) in [5, 5.41) is 21.2. The van der Waals surface area contributed by atoms with Crippen LogP contribution in [-0.2, 0) is 4.79 Å². The maximum atomic E-state index is 13.4. The molecule has 0 spiro atoms. The van der Waals surface area contributed by atoms with Crippen LogP contribution in [0.25, 0.3) is 33.0 Å². The van der Waals surface area contributed by atoms with E-state index < -0.39 is 17.3 Å². The summed E-state index contributed by atoms with van der Waals surface area (Å²) >= 11 is 0. The van der Waals surface area contributed by atoms with Gasteiger partial charge in [-0.2, -0.15) is 0 Å². The van der Waals surface area contributed by atoms with Crippen molar-refractivity contribution in [1.29, 1.82) is 0 Å². The number of phenols is 2. The number of hydrogen-bond acceptors (Lipinski definition) is 7. The topological polar surface area (TPSA) is 110 Å². The number of esters is 1. The van der Waals surface area contributed by atoms with Gasteiger partial charge in [0.15, 0.2) is 0 Å². The van der Waals surface area contributed by atoms with Crippen LogP contribution in [0, 0.1) is 0 Å². The summed E-state index contributed by atoms with van der Waals surface area (Å²) in [6.45, 7) is 0. The molecule has 2 aromatic heterocycles. The fourth-order valence-corrected chi connectivity index (χ4v) is 4.57. The van der Waals surface area contributed by atoms with Crippen LogP contribution in [0.15, 0.2) is 82.3 Å². The standard InChI is InChI=1S/C27H17NO6/c29-17-6-3-14(4-7-17)19-13-33-27-24-18(15-5-8-20-16(10-15)2-1-9-28-20)11-23(31)34-22(24)12-21(30)25(27)26(19)32/h1-10,12-13,18,29-30H,11H2/t18-/m1/s1. The van der Waals surface area contributed by atoms with E-state index in [1.807, 2.05) is 30.3 Å². The van der Waals surface area contributed by atoms with Gasteiger partial charge in [0.1, 0.15) is 34.5 Å². The lowest BCUT2D eigenvalue weighted by Gasteiger charge is -2.26. The summed E-state index contributed by atoms with van der Waals surface area (Å²) < 4.78 is 11.4.